The Morgan fingerprint density at radius 3 is 2.43 bits per heavy atom. The number of piperidine rings is 1. The summed E-state index contributed by atoms with van der Waals surface area (Å²) in [6.45, 7) is 3.84. The van der Waals surface area contributed by atoms with Gasteiger partial charge in [0.05, 0.1) is 13.0 Å². The van der Waals surface area contributed by atoms with Crippen molar-refractivity contribution in [2.75, 3.05) is 33.8 Å². The number of guanidine groups is 1. The summed E-state index contributed by atoms with van der Waals surface area (Å²) in [6.07, 6.45) is 3.23. The zero-order valence-corrected chi connectivity index (χ0v) is 16.8. The van der Waals surface area contributed by atoms with Crippen LogP contribution in [0.25, 0.3) is 0 Å². The number of nitrogens with one attached hydrogen (secondary N) is 1. The van der Waals surface area contributed by atoms with E-state index in [1.807, 2.05) is 4.90 Å². The summed E-state index contributed by atoms with van der Waals surface area (Å²) >= 11 is 0. The number of likely N-dealkylation sites (tertiary alicyclic amines) is 2. The van der Waals surface area contributed by atoms with Gasteiger partial charge in [-0.3, -0.25) is 14.6 Å². The molecule has 0 aromatic heterocycles. The maximum atomic E-state index is 11.8. The third-order valence-electron chi connectivity index (χ3n) is 5.56. The molecule has 2 fully saturated rings. The molecule has 0 aliphatic carbocycles. The first kappa shape index (κ1) is 20.2. The number of hydrogen-bond donors (Lipinski definition) is 1. The number of esters is 1. The number of aliphatic imine (C=N–C) groups is 1. The van der Waals surface area contributed by atoms with Gasteiger partial charge in [0.2, 0.25) is 5.91 Å². The number of nitrogens with zero attached hydrogens (tertiary/aromatic N) is 3. The van der Waals surface area contributed by atoms with Gasteiger partial charge < -0.3 is 19.9 Å². The van der Waals surface area contributed by atoms with Crippen LogP contribution in [0.5, 0.6) is 0 Å². The zero-order chi connectivity index (χ0) is 19.9. The summed E-state index contributed by atoms with van der Waals surface area (Å²) < 4.78 is 4.85. The highest BCUT2D eigenvalue weighted by atomic mass is 16.5. The summed E-state index contributed by atoms with van der Waals surface area (Å²) in [7, 11) is 3.23. The largest absolute Gasteiger partial charge is 0.469 e. The molecule has 2 aliphatic heterocycles. The second-order valence-electron chi connectivity index (χ2n) is 7.42. The molecule has 3 rings (SSSR count). The molecule has 1 aromatic carbocycles. The maximum Gasteiger partial charge on any atom is 0.308 e. The number of ether oxygens (including phenoxy) is 1. The molecule has 2 saturated heterocycles. The highest BCUT2D eigenvalue weighted by Gasteiger charge is 2.27. The molecule has 0 radical (unpaired) electrons. The monoisotopic (exact) mass is 386 g/mol. The Labute approximate surface area is 166 Å². The van der Waals surface area contributed by atoms with Gasteiger partial charge in [-0.1, -0.05) is 24.3 Å². The first-order chi connectivity index (χ1) is 13.6. The Kier molecular flexibility index (Phi) is 6.90. The summed E-state index contributed by atoms with van der Waals surface area (Å²) in [5, 5.41) is 3.41. The van der Waals surface area contributed by atoms with Crippen LogP contribution in [-0.2, 0) is 27.4 Å². The summed E-state index contributed by atoms with van der Waals surface area (Å²) in [6, 6.07) is 8.37. The first-order valence-electron chi connectivity index (χ1n) is 9.99. The van der Waals surface area contributed by atoms with Gasteiger partial charge in [0.1, 0.15) is 0 Å². The number of carbonyl (C=O) groups excluding carboxylic acids is 2. The quantitative estimate of drug-likeness (QED) is 0.474. The molecular formula is C21H30N4O3. The second-order valence-corrected chi connectivity index (χ2v) is 7.42. The lowest BCUT2D eigenvalue weighted by atomic mass is 9.97. The summed E-state index contributed by atoms with van der Waals surface area (Å²) in [5.41, 5.74) is 2.33. The van der Waals surface area contributed by atoms with Crippen molar-refractivity contribution in [2.45, 2.75) is 38.8 Å². The highest BCUT2D eigenvalue weighted by molar-refractivity contribution is 5.80. The van der Waals surface area contributed by atoms with Crippen molar-refractivity contribution in [3.05, 3.63) is 35.4 Å². The Morgan fingerprint density at radius 2 is 1.86 bits per heavy atom. The SMILES string of the molecule is CN=C(NCc1ccc(CN2CCCC2=O)cc1)N1CCC(C(=O)OC)CC1. The molecule has 0 unspecified atom stereocenters. The van der Waals surface area contributed by atoms with Crippen LogP contribution >= 0.6 is 0 Å². The molecule has 0 atom stereocenters. The topological polar surface area (TPSA) is 74.2 Å². The molecule has 1 amide bonds. The van der Waals surface area contributed by atoms with Crippen molar-refractivity contribution in [1.82, 2.24) is 15.1 Å². The van der Waals surface area contributed by atoms with Crippen molar-refractivity contribution < 1.29 is 14.3 Å². The van der Waals surface area contributed by atoms with Crippen molar-refractivity contribution in [3.8, 4) is 0 Å². The van der Waals surface area contributed by atoms with Gasteiger partial charge in [-0.05, 0) is 30.4 Å². The van der Waals surface area contributed by atoms with E-state index in [1.54, 1.807) is 7.05 Å². The predicted molar refractivity (Wildman–Crippen MR) is 108 cm³/mol. The molecule has 1 N–H and O–H groups in total. The number of rotatable bonds is 5. The fourth-order valence-electron chi connectivity index (χ4n) is 3.86. The van der Waals surface area contributed by atoms with Crippen LogP contribution in [0.2, 0.25) is 0 Å². The fourth-order valence-corrected chi connectivity index (χ4v) is 3.86. The van der Waals surface area contributed by atoms with E-state index in [0.29, 0.717) is 19.5 Å². The van der Waals surface area contributed by atoms with E-state index in [1.165, 1.54) is 12.7 Å². The number of hydrogen-bond acceptors (Lipinski definition) is 4. The van der Waals surface area contributed by atoms with Gasteiger partial charge in [-0.2, -0.15) is 0 Å². The van der Waals surface area contributed by atoms with Crippen LogP contribution in [0, 0.1) is 5.92 Å². The standard InChI is InChI=1S/C21H30N4O3/c1-22-21(24-12-9-18(10-13-24)20(27)28-2)23-14-16-5-7-17(8-6-16)15-25-11-3-4-19(25)26/h5-8,18H,3-4,9-15H2,1-2H3,(H,22,23). The van der Waals surface area contributed by atoms with E-state index in [-0.39, 0.29) is 17.8 Å². The number of amides is 1. The Balaban J connectivity index is 1.47. The van der Waals surface area contributed by atoms with Gasteiger partial charge in [0, 0.05) is 46.2 Å². The van der Waals surface area contributed by atoms with Gasteiger partial charge in [-0.15, -0.1) is 0 Å². The molecule has 0 spiro atoms. The van der Waals surface area contributed by atoms with Crippen LogP contribution in [0.4, 0.5) is 0 Å². The first-order valence-corrected chi connectivity index (χ1v) is 9.99. The smallest absolute Gasteiger partial charge is 0.308 e. The van der Waals surface area contributed by atoms with Gasteiger partial charge in [-0.25, -0.2) is 0 Å². The fraction of sp³-hybridized carbons (Fsp3) is 0.571. The average molecular weight is 386 g/mol. The summed E-state index contributed by atoms with van der Waals surface area (Å²) in [5.74, 6) is 0.994. The number of methoxy groups -OCH3 is 1. The minimum Gasteiger partial charge on any atom is -0.469 e. The molecule has 0 bridgehead atoms. The minimum absolute atomic E-state index is 0.00520. The van der Waals surface area contributed by atoms with Crippen molar-refractivity contribution in [3.63, 3.8) is 0 Å². The van der Waals surface area contributed by atoms with Crippen LogP contribution < -0.4 is 5.32 Å². The van der Waals surface area contributed by atoms with Crippen molar-refractivity contribution >= 4 is 17.8 Å². The molecule has 2 heterocycles. The predicted octanol–water partition coefficient (Wildman–Crippen LogP) is 1.77. The average Bonchev–Trinajstić information content (AvgIpc) is 3.14. The molecule has 28 heavy (non-hydrogen) atoms. The van der Waals surface area contributed by atoms with E-state index >= 15 is 0 Å². The third kappa shape index (κ3) is 5.03. The lowest BCUT2D eigenvalue weighted by molar-refractivity contribution is -0.146. The van der Waals surface area contributed by atoms with Gasteiger partial charge >= 0.3 is 5.97 Å². The van der Waals surface area contributed by atoms with Crippen LogP contribution in [-0.4, -0.2) is 61.4 Å². The Bertz CT molecular complexity index is 709. The third-order valence-corrected chi connectivity index (χ3v) is 5.56. The second kappa shape index (κ2) is 9.57. The lowest BCUT2D eigenvalue weighted by Gasteiger charge is -2.33. The number of benzene rings is 1. The van der Waals surface area contributed by atoms with Crippen molar-refractivity contribution in [2.24, 2.45) is 10.9 Å². The van der Waals surface area contributed by atoms with Crippen LogP contribution in [0.1, 0.15) is 36.8 Å². The molecule has 0 saturated carbocycles. The van der Waals surface area contributed by atoms with E-state index in [9.17, 15) is 9.59 Å². The van der Waals surface area contributed by atoms with Gasteiger partial charge in [0.25, 0.3) is 0 Å². The molecule has 152 valence electrons. The molecular weight excluding hydrogens is 356 g/mol. The molecule has 1 aromatic rings. The zero-order valence-electron chi connectivity index (χ0n) is 16.8. The minimum atomic E-state index is -0.113. The summed E-state index contributed by atoms with van der Waals surface area (Å²) in [4.78, 5) is 31.9. The van der Waals surface area contributed by atoms with E-state index in [0.717, 1.165) is 50.4 Å². The molecule has 2 aliphatic rings. The molecule has 7 nitrogen and oxygen atoms in total. The Hall–Kier alpha value is -2.57. The molecule has 7 heteroatoms. The van der Waals surface area contributed by atoms with Crippen LogP contribution in [0.3, 0.4) is 0 Å². The number of carbonyl (C=O) groups is 2. The normalized spacial score (nSPS) is 18.5. The highest BCUT2D eigenvalue weighted by Crippen LogP contribution is 2.19. The van der Waals surface area contributed by atoms with Gasteiger partial charge in [0.15, 0.2) is 5.96 Å². The van der Waals surface area contributed by atoms with E-state index in [2.05, 4.69) is 39.5 Å². The van der Waals surface area contributed by atoms with Crippen molar-refractivity contribution in [1.29, 1.82) is 0 Å². The Morgan fingerprint density at radius 1 is 1.18 bits per heavy atom. The maximum absolute atomic E-state index is 11.8. The lowest BCUT2D eigenvalue weighted by Crippen LogP contribution is -2.46. The van der Waals surface area contributed by atoms with E-state index in [4.69, 9.17) is 4.74 Å². The van der Waals surface area contributed by atoms with E-state index < -0.39 is 0 Å². The van der Waals surface area contributed by atoms with Crippen LogP contribution in [0.15, 0.2) is 29.3 Å².